The van der Waals surface area contributed by atoms with Gasteiger partial charge in [-0.15, -0.1) is 24.8 Å². The lowest BCUT2D eigenvalue weighted by Crippen LogP contribution is -2.31. The molecule has 1 rings (SSSR count). The number of halogens is 2. The predicted molar refractivity (Wildman–Crippen MR) is 77.9 cm³/mol. The van der Waals surface area contributed by atoms with Crippen molar-refractivity contribution < 1.29 is 8.42 Å². The summed E-state index contributed by atoms with van der Waals surface area (Å²) in [6.45, 7) is 1.01. The van der Waals surface area contributed by atoms with Crippen molar-refractivity contribution in [2.24, 2.45) is 0 Å². The number of pyridine rings is 1. The minimum Gasteiger partial charge on any atom is -0.310 e. The first-order chi connectivity index (χ1) is 7.52. The minimum atomic E-state index is -3.10. The summed E-state index contributed by atoms with van der Waals surface area (Å²) in [6.07, 6.45) is 1.72. The zero-order valence-electron chi connectivity index (χ0n) is 10.4. The zero-order valence-corrected chi connectivity index (χ0v) is 12.8. The molecule has 0 radical (unpaired) electrons. The Morgan fingerprint density at radius 2 is 1.94 bits per heavy atom. The second kappa shape index (κ2) is 9.52. The van der Waals surface area contributed by atoms with Crippen molar-refractivity contribution in [1.29, 1.82) is 0 Å². The van der Waals surface area contributed by atoms with Crippen LogP contribution in [0.5, 0.6) is 0 Å². The third-order valence-electron chi connectivity index (χ3n) is 2.13. The fourth-order valence-electron chi connectivity index (χ4n) is 1.10. The van der Waals surface area contributed by atoms with Crippen LogP contribution >= 0.6 is 24.8 Å². The summed E-state index contributed by atoms with van der Waals surface area (Å²) < 4.78 is 24.1. The van der Waals surface area contributed by atoms with Gasteiger partial charge in [0.1, 0.15) is 0 Å². The lowest BCUT2D eigenvalue weighted by molar-refractivity contribution is 0.517. The summed E-state index contributed by atoms with van der Waals surface area (Å²) in [7, 11) is -0.0306. The van der Waals surface area contributed by atoms with Crippen molar-refractivity contribution in [1.82, 2.24) is 14.6 Å². The van der Waals surface area contributed by atoms with Crippen LogP contribution in [-0.4, -0.2) is 44.1 Å². The van der Waals surface area contributed by atoms with Gasteiger partial charge >= 0.3 is 0 Å². The van der Waals surface area contributed by atoms with Gasteiger partial charge in [0.05, 0.1) is 11.4 Å². The van der Waals surface area contributed by atoms with Gasteiger partial charge in [-0.05, 0) is 12.1 Å². The van der Waals surface area contributed by atoms with Crippen LogP contribution in [0.25, 0.3) is 0 Å². The molecule has 0 amide bonds. The van der Waals surface area contributed by atoms with E-state index in [4.69, 9.17) is 0 Å². The van der Waals surface area contributed by atoms with E-state index in [1.54, 1.807) is 6.20 Å². The number of hydrogen-bond donors (Lipinski definition) is 1. The Kier molecular flexibility index (Phi) is 10.5. The van der Waals surface area contributed by atoms with Crippen LogP contribution in [0.4, 0.5) is 0 Å². The van der Waals surface area contributed by atoms with Gasteiger partial charge in [-0.3, -0.25) is 4.98 Å². The van der Waals surface area contributed by atoms with Crippen LogP contribution in [0.15, 0.2) is 24.4 Å². The number of nitrogens with one attached hydrogen (secondary N) is 1. The van der Waals surface area contributed by atoms with Crippen LogP contribution in [0.3, 0.4) is 0 Å². The summed E-state index contributed by atoms with van der Waals surface area (Å²) in [5, 5.41) is 3.04. The van der Waals surface area contributed by atoms with Gasteiger partial charge in [0.25, 0.3) is 0 Å². The van der Waals surface area contributed by atoms with Gasteiger partial charge in [0.15, 0.2) is 0 Å². The van der Waals surface area contributed by atoms with Gasteiger partial charge in [-0.2, -0.15) is 0 Å². The largest absolute Gasteiger partial charge is 0.310 e. The molecular formula is C10H19Cl2N3O2S. The van der Waals surface area contributed by atoms with Crippen molar-refractivity contribution >= 4 is 34.8 Å². The van der Waals surface area contributed by atoms with E-state index >= 15 is 0 Å². The molecular weight excluding hydrogens is 297 g/mol. The first-order valence-corrected chi connectivity index (χ1v) is 6.64. The summed E-state index contributed by atoms with van der Waals surface area (Å²) in [5.41, 5.74) is 0.907. The number of sulfonamides is 1. The van der Waals surface area contributed by atoms with Gasteiger partial charge in [-0.25, -0.2) is 12.7 Å². The maximum absolute atomic E-state index is 11.4. The van der Waals surface area contributed by atoms with Gasteiger partial charge in [0.2, 0.25) is 10.0 Å². The van der Waals surface area contributed by atoms with E-state index in [0.29, 0.717) is 13.1 Å². The Hall–Kier alpha value is -0.400. The topological polar surface area (TPSA) is 62.3 Å². The second-order valence-corrected chi connectivity index (χ2v) is 5.90. The highest BCUT2D eigenvalue weighted by Crippen LogP contribution is 1.94. The van der Waals surface area contributed by atoms with Crippen molar-refractivity contribution in [2.75, 3.05) is 26.4 Å². The maximum Gasteiger partial charge on any atom is 0.214 e. The molecule has 0 saturated heterocycles. The Morgan fingerprint density at radius 1 is 1.28 bits per heavy atom. The second-order valence-electron chi connectivity index (χ2n) is 3.60. The predicted octanol–water partition coefficient (Wildman–Crippen LogP) is 0.906. The standard InChI is InChI=1S/C10H17N3O2S.2ClH/c1-13(2)16(14,15)8-7-11-9-10-5-3-4-6-12-10;;/h3-6,11H,7-9H2,1-2H3;2*1H. The SMILES string of the molecule is CN(C)S(=O)(=O)CCNCc1ccccn1.Cl.Cl. The molecule has 0 unspecified atom stereocenters. The molecule has 0 aliphatic heterocycles. The average molecular weight is 316 g/mol. The smallest absolute Gasteiger partial charge is 0.214 e. The molecule has 8 heteroatoms. The third kappa shape index (κ3) is 7.13. The highest BCUT2D eigenvalue weighted by Gasteiger charge is 2.12. The normalized spacial score (nSPS) is 10.6. The molecule has 0 atom stereocenters. The number of aromatic nitrogens is 1. The van der Waals surface area contributed by atoms with E-state index in [2.05, 4.69) is 10.3 Å². The monoisotopic (exact) mass is 315 g/mol. The Bertz CT molecular complexity index is 412. The third-order valence-corrected chi connectivity index (χ3v) is 3.96. The number of hydrogen-bond acceptors (Lipinski definition) is 4. The molecule has 1 aromatic rings. The van der Waals surface area contributed by atoms with Gasteiger partial charge < -0.3 is 5.32 Å². The first-order valence-electron chi connectivity index (χ1n) is 5.03. The molecule has 1 aromatic heterocycles. The molecule has 0 bridgehead atoms. The van der Waals surface area contributed by atoms with E-state index in [1.807, 2.05) is 18.2 Å². The molecule has 0 aliphatic carbocycles. The molecule has 0 spiro atoms. The maximum atomic E-state index is 11.4. The zero-order chi connectivity index (χ0) is 12.0. The van der Waals surface area contributed by atoms with E-state index in [1.165, 1.54) is 18.4 Å². The molecule has 0 aromatic carbocycles. The molecule has 106 valence electrons. The van der Waals surface area contributed by atoms with E-state index in [9.17, 15) is 8.42 Å². The lowest BCUT2D eigenvalue weighted by atomic mass is 10.3. The lowest BCUT2D eigenvalue weighted by Gasteiger charge is -2.11. The summed E-state index contributed by atoms with van der Waals surface area (Å²) in [4.78, 5) is 4.13. The highest BCUT2D eigenvalue weighted by molar-refractivity contribution is 7.89. The van der Waals surface area contributed by atoms with Crippen LogP contribution < -0.4 is 5.32 Å². The van der Waals surface area contributed by atoms with Crippen LogP contribution in [0.2, 0.25) is 0 Å². The molecule has 5 nitrogen and oxygen atoms in total. The molecule has 0 fully saturated rings. The average Bonchev–Trinajstić information content (AvgIpc) is 2.26. The number of nitrogens with zero attached hydrogens (tertiary/aromatic N) is 2. The van der Waals surface area contributed by atoms with Crippen molar-refractivity contribution in [2.45, 2.75) is 6.54 Å². The minimum absolute atomic E-state index is 0. The Labute approximate surface area is 121 Å². The summed E-state index contributed by atoms with van der Waals surface area (Å²) in [5.74, 6) is 0.104. The van der Waals surface area contributed by atoms with Crippen LogP contribution in [0, 0.1) is 0 Å². The molecule has 0 aliphatic rings. The summed E-state index contributed by atoms with van der Waals surface area (Å²) in [6, 6.07) is 5.65. The Morgan fingerprint density at radius 3 is 2.44 bits per heavy atom. The van der Waals surface area contributed by atoms with Crippen LogP contribution in [-0.2, 0) is 16.6 Å². The fourth-order valence-corrected chi connectivity index (χ4v) is 1.87. The summed E-state index contributed by atoms with van der Waals surface area (Å²) >= 11 is 0. The van der Waals surface area contributed by atoms with Crippen molar-refractivity contribution in [3.8, 4) is 0 Å². The molecule has 1 N–H and O–H groups in total. The van der Waals surface area contributed by atoms with Crippen LogP contribution in [0.1, 0.15) is 5.69 Å². The van der Waals surface area contributed by atoms with E-state index in [-0.39, 0.29) is 30.6 Å². The molecule has 1 heterocycles. The fraction of sp³-hybridized carbons (Fsp3) is 0.500. The van der Waals surface area contributed by atoms with Crippen molar-refractivity contribution in [3.63, 3.8) is 0 Å². The number of rotatable bonds is 6. The first kappa shape index (κ1) is 19.9. The molecule has 0 saturated carbocycles. The van der Waals surface area contributed by atoms with E-state index in [0.717, 1.165) is 5.69 Å². The van der Waals surface area contributed by atoms with E-state index < -0.39 is 10.0 Å². The van der Waals surface area contributed by atoms with Gasteiger partial charge in [0, 0.05) is 33.4 Å². The van der Waals surface area contributed by atoms with Crippen molar-refractivity contribution in [3.05, 3.63) is 30.1 Å². The quantitative estimate of drug-likeness (QED) is 0.792. The highest BCUT2D eigenvalue weighted by atomic mass is 35.5. The Balaban J connectivity index is 0. The molecule has 18 heavy (non-hydrogen) atoms. The van der Waals surface area contributed by atoms with Gasteiger partial charge in [-0.1, -0.05) is 6.07 Å².